The van der Waals surface area contributed by atoms with Crippen molar-refractivity contribution >= 4 is 5.97 Å². The molecule has 0 heterocycles. The van der Waals surface area contributed by atoms with E-state index in [0.717, 1.165) is 0 Å². The fraction of sp³-hybridized carbons (Fsp3) is 0.500. The maximum absolute atomic E-state index is 10.3. The van der Waals surface area contributed by atoms with Crippen molar-refractivity contribution in [2.24, 2.45) is 0 Å². The molecule has 0 spiro atoms. The molecule has 0 aromatic heterocycles. The smallest absolute Gasteiger partial charge is 0.305 e. The van der Waals surface area contributed by atoms with E-state index in [0.29, 0.717) is 13.0 Å². The number of carbonyl (C=O) groups excluding carboxylic acids is 1. The van der Waals surface area contributed by atoms with Gasteiger partial charge in [0.05, 0.1) is 0 Å². The normalized spacial score (nSPS) is 7.22. The zero-order chi connectivity index (χ0) is 6.41. The Kier molecular flexibility index (Phi) is 8.79. The Balaban J connectivity index is 0. The zero-order valence-electron chi connectivity index (χ0n) is 5.72. The van der Waals surface area contributed by atoms with E-state index in [4.69, 9.17) is 0 Å². The summed E-state index contributed by atoms with van der Waals surface area (Å²) < 4.78 is 4.58. The van der Waals surface area contributed by atoms with Gasteiger partial charge in [0.15, 0.2) is 0 Å². The molecule has 54 valence electrons. The van der Waals surface area contributed by atoms with Gasteiger partial charge >= 0.3 is 5.97 Å². The molecule has 0 saturated heterocycles. The van der Waals surface area contributed by atoms with Gasteiger partial charge in [-0.1, -0.05) is 19.6 Å². The third-order valence-corrected chi connectivity index (χ3v) is 0.651. The van der Waals surface area contributed by atoms with Gasteiger partial charge in [0.25, 0.3) is 0 Å². The summed E-state index contributed by atoms with van der Waals surface area (Å²) in [4.78, 5) is 10.3. The van der Waals surface area contributed by atoms with Gasteiger partial charge in [-0.25, -0.2) is 0 Å². The fourth-order valence-corrected chi connectivity index (χ4v) is 0.254. The summed E-state index contributed by atoms with van der Waals surface area (Å²) in [5, 5.41) is 0. The molecule has 0 bridgehead atoms. The molecule has 3 heteroatoms. The molecule has 0 rings (SSSR count). The lowest BCUT2D eigenvalue weighted by Gasteiger charge is -1.94. The molecule has 0 aliphatic heterocycles. The highest BCUT2D eigenvalue weighted by atomic mass is 16.5. The van der Waals surface area contributed by atoms with Gasteiger partial charge in [-0.3, -0.25) is 4.79 Å². The number of hydrogen-bond acceptors (Lipinski definition) is 3. The summed E-state index contributed by atoms with van der Waals surface area (Å²) in [5.74, 6) is -0.176. The Labute approximate surface area is 55.3 Å². The van der Waals surface area contributed by atoms with E-state index in [1.807, 2.05) is 0 Å². The molecule has 0 aliphatic rings. The second-order valence-corrected chi connectivity index (χ2v) is 1.33. The average molecular weight is 131 g/mol. The average Bonchev–Trinajstić information content (AvgIpc) is 1.83. The Morgan fingerprint density at radius 3 is 2.67 bits per heavy atom. The van der Waals surface area contributed by atoms with E-state index in [2.05, 4.69) is 11.3 Å². The van der Waals surface area contributed by atoms with Gasteiger partial charge in [-0.15, -0.1) is 0 Å². The molecule has 0 amide bonds. The van der Waals surface area contributed by atoms with Gasteiger partial charge in [-0.2, -0.15) is 0 Å². The van der Waals surface area contributed by atoms with Crippen molar-refractivity contribution in [1.82, 2.24) is 6.15 Å². The van der Waals surface area contributed by atoms with E-state index in [1.54, 1.807) is 13.0 Å². The van der Waals surface area contributed by atoms with Crippen LogP contribution in [0.3, 0.4) is 0 Å². The molecule has 0 unspecified atom stereocenters. The van der Waals surface area contributed by atoms with Gasteiger partial charge in [-0.05, 0) is 0 Å². The Bertz CT molecular complexity index is 91.1. The van der Waals surface area contributed by atoms with E-state index in [1.165, 1.54) is 0 Å². The fourth-order valence-electron chi connectivity index (χ4n) is 0.254. The first-order chi connectivity index (χ1) is 3.81. The van der Waals surface area contributed by atoms with Crippen LogP contribution in [0, 0.1) is 0 Å². The quantitative estimate of drug-likeness (QED) is 0.463. The monoisotopic (exact) mass is 131 g/mol. The Morgan fingerprint density at radius 1 is 1.78 bits per heavy atom. The predicted molar refractivity (Wildman–Crippen MR) is 36.5 cm³/mol. The highest BCUT2D eigenvalue weighted by molar-refractivity contribution is 5.68. The summed E-state index contributed by atoms with van der Waals surface area (Å²) in [7, 11) is 0. The Hall–Kier alpha value is -0.830. The maximum Gasteiger partial charge on any atom is 0.305 e. The van der Waals surface area contributed by atoms with Crippen molar-refractivity contribution in [1.29, 1.82) is 0 Å². The van der Waals surface area contributed by atoms with Crippen molar-refractivity contribution in [3.63, 3.8) is 0 Å². The van der Waals surface area contributed by atoms with Gasteiger partial charge < -0.3 is 10.9 Å². The van der Waals surface area contributed by atoms with Crippen LogP contribution in [0.4, 0.5) is 0 Å². The van der Waals surface area contributed by atoms with Crippen molar-refractivity contribution in [3.8, 4) is 0 Å². The first kappa shape index (κ1) is 11.0. The second-order valence-electron chi connectivity index (χ2n) is 1.33. The molecule has 0 aromatic carbocycles. The van der Waals surface area contributed by atoms with Gasteiger partial charge in [0, 0.05) is 6.42 Å². The third kappa shape index (κ3) is 7.17. The summed E-state index contributed by atoms with van der Waals surface area (Å²) in [6.45, 7) is 5.47. The van der Waals surface area contributed by atoms with Crippen LogP contribution in [0.1, 0.15) is 13.3 Å². The predicted octanol–water partition coefficient (Wildman–Crippen LogP) is 1.29. The van der Waals surface area contributed by atoms with E-state index >= 15 is 0 Å². The maximum atomic E-state index is 10.3. The molecule has 0 aliphatic carbocycles. The van der Waals surface area contributed by atoms with Crippen LogP contribution in [0.15, 0.2) is 12.7 Å². The first-order valence-corrected chi connectivity index (χ1v) is 2.57. The Morgan fingerprint density at radius 2 is 2.33 bits per heavy atom. The number of ether oxygens (including phenoxy) is 1. The van der Waals surface area contributed by atoms with Crippen LogP contribution in [-0.4, -0.2) is 12.6 Å². The third-order valence-electron chi connectivity index (χ3n) is 0.651. The minimum absolute atomic E-state index is 0. The number of hydrogen-bond donors (Lipinski definition) is 1. The van der Waals surface area contributed by atoms with E-state index in [-0.39, 0.29) is 12.1 Å². The van der Waals surface area contributed by atoms with Crippen molar-refractivity contribution in [3.05, 3.63) is 12.7 Å². The SMILES string of the molecule is C=CCOC(=O)CC.N. The molecule has 0 radical (unpaired) electrons. The molecule has 9 heavy (non-hydrogen) atoms. The van der Waals surface area contributed by atoms with Crippen LogP contribution in [0.2, 0.25) is 0 Å². The van der Waals surface area contributed by atoms with E-state index < -0.39 is 0 Å². The van der Waals surface area contributed by atoms with Crippen molar-refractivity contribution < 1.29 is 9.53 Å². The lowest BCUT2D eigenvalue weighted by atomic mass is 10.5. The van der Waals surface area contributed by atoms with Gasteiger partial charge in [0.1, 0.15) is 6.61 Å². The lowest BCUT2D eigenvalue weighted by Crippen LogP contribution is -2.00. The standard InChI is InChI=1S/C6H10O2.H3N/c1-3-5-8-6(7)4-2;/h3H,1,4-5H2,2H3;1H3. The van der Waals surface area contributed by atoms with Crippen molar-refractivity contribution in [2.45, 2.75) is 13.3 Å². The van der Waals surface area contributed by atoms with Crippen LogP contribution < -0.4 is 6.15 Å². The highest BCUT2D eigenvalue weighted by Crippen LogP contribution is 1.82. The number of carbonyl (C=O) groups is 1. The summed E-state index contributed by atoms with van der Waals surface area (Å²) in [6.07, 6.45) is 1.99. The minimum atomic E-state index is -0.176. The number of rotatable bonds is 3. The van der Waals surface area contributed by atoms with Crippen LogP contribution >= 0.6 is 0 Å². The topological polar surface area (TPSA) is 61.3 Å². The summed E-state index contributed by atoms with van der Waals surface area (Å²) >= 11 is 0. The van der Waals surface area contributed by atoms with Crippen LogP contribution in [0.25, 0.3) is 0 Å². The second kappa shape index (κ2) is 7.17. The molecular weight excluding hydrogens is 118 g/mol. The molecule has 0 fully saturated rings. The van der Waals surface area contributed by atoms with Crippen molar-refractivity contribution in [2.75, 3.05) is 6.61 Å². The highest BCUT2D eigenvalue weighted by Gasteiger charge is 1.92. The molecular formula is C6H13NO2. The number of esters is 1. The zero-order valence-corrected chi connectivity index (χ0v) is 5.72. The van der Waals surface area contributed by atoms with Crippen LogP contribution in [-0.2, 0) is 9.53 Å². The molecule has 0 aromatic rings. The molecule has 0 atom stereocenters. The molecule has 3 nitrogen and oxygen atoms in total. The van der Waals surface area contributed by atoms with Crippen LogP contribution in [0.5, 0.6) is 0 Å². The summed E-state index contributed by atoms with van der Waals surface area (Å²) in [6, 6.07) is 0. The lowest BCUT2D eigenvalue weighted by molar-refractivity contribution is -0.141. The summed E-state index contributed by atoms with van der Waals surface area (Å²) in [5.41, 5.74) is 0. The van der Waals surface area contributed by atoms with Gasteiger partial charge in [0.2, 0.25) is 0 Å². The minimum Gasteiger partial charge on any atom is -0.461 e. The first-order valence-electron chi connectivity index (χ1n) is 2.57. The molecule has 3 N–H and O–H groups in total. The van der Waals surface area contributed by atoms with E-state index in [9.17, 15) is 4.79 Å². The molecule has 0 saturated carbocycles. The largest absolute Gasteiger partial charge is 0.461 e.